The molecule has 0 fully saturated rings. The zero-order chi connectivity index (χ0) is 11.4. The summed E-state index contributed by atoms with van der Waals surface area (Å²) in [6.07, 6.45) is -2.70. The number of nitrogens with zero attached hydrogens (tertiary/aromatic N) is 2. The first kappa shape index (κ1) is 12.1. The van der Waals surface area contributed by atoms with Gasteiger partial charge in [0.2, 0.25) is 0 Å². The molecule has 4 nitrogen and oxygen atoms in total. The molecule has 1 rings (SSSR count). The van der Waals surface area contributed by atoms with Gasteiger partial charge >= 0.3 is 0 Å². The van der Waals surface area contributed by atoms with Crippen molar-refractivity contribution >= 4 is 0 Å². The second-order valence-corrected chi connectivity index (χ2v) is 3.41. The highest BCUT2D eigenvalue weighted by molar-refractivity contribution is 5.05. The molecule has 0 amide bonds. The fraction of sp³-hybridized carbons (Fsp3) is 0.667. The average molecular weight is 219 g/mol. The highest BCUT2D eigenvalue weighted by atomic mass is 19.3. The van der Waals surface area contributed by atoms with Gasteiger partial charge in [-0.05, 0) is 13.0 Å². The summed E-state index contributed by atoms with van der Waals surface area (Å²) in [6, 6.07) is 1.68. The Morgan fingerprint density at radius 1 is 1.60 bits per heavy atom. The third kappa shape index (κ3) is 3.24. The van der Waals surface area contributed by atoms with Crippen LogP contribution in [-0.4, -0.2) is 34.0 Å². The van der Waals surface area contributed by atoms with Crippen LogP contribution in [0.5, 0.6) is 0 Å². The van der Waals surface area contributed by atoms with Crippen LogP contribution in [0.2, 0.25) is 0 Å². The van der Waals surface area contributed by atoms with Crippen LogP contribution < -0.4 is 5.32 Å². The van der Waals surface area contributed by atoms with E-state index in [1.54, 1.807) is 24.0 Å². The molecule has 0 spiro atoms. The van der Waals surface area contributed by atoms with Gasteiger partial charge in [0.05, 0.1) is 5.69 Å². The number of aliphatic hydroxyl groups is 1. The zero-order valence-electron chi connectivity index (χ0n) is 8.69. The van der Waals surface area contributed by atoms with Crippen LogP contribution >= 0.6 is 0 Å². The molecule has 0 aliphatic rings. The second-order valence-electron chi connectivity index (χ2n) is 3.41. The Kier molecular flexibility index (Phi) is 4.16. The number of aryl methyl sites for hydroxylation is 1. The molecule has 0 radical (unpaired) electrons. The van der Waals surface area contributed by atoms with Crippen LogP contribution in [0.4, 0.5) is 8.78 Å². The van der Waals surface area contributed by atoms with Crippen LogP contribution in [0.25, 0.3) is 0 Å². The number of hydrogen-bond donors (Lipinski definition) is 2. The summed E-state index contributed by atoms with van der Waals surface area (Å²) in [5, 5.41) is 15.7. The molecule has 0 bridgehead atoms. The standard InChI is InChI=1S/C9H15F2N3O/c1-6(7-3-4-13-14(7)2)12-5-8(15)9(10)11/h3-4,6,8-9,12,15H,5H2,1-2H3. The normalized spacial score (nSPS) is 15.6. The first-order valence-corrected chi connectivity index (χ1v) is 4.70. The number of aromatic nitrogens is 2. The van der Waals surface area contributed by atoms with Crippen molar-refractivity contribution in [1.82, 2.24) is 15.1 Å². The SMILES string of the molecule is CC(NCC(O)C(F)F)c1ccnn1C. The summed E-state index contributed by atoms with van der Waals surface area (Å²) in [4.78, 5) is 0. The number of alkyl halides is 2. The summed E-state index contributed by atoms with van der Waals surface area (Å²) in [6.45, 7) is 1.69. The molecule has 2 N–H and O–H groups in total. The Bertz CT molecular complexity index is 303. The van der Waals surface area contributed by atoms with E-state index in [0.29, 0.717) is 0 Å². The van der Waals surface area contributed by atoms with Crippen molar-refractivity contribution in [1.29, 1.82) is 0 Å². The van der Waals surface area contributed by atoms with Crippen molar-refractivity contribution in [2.24, 2.45) is 7.05 Å². The summed E-state index contributed by atoms with van der Waals surface area (Å²) in [5.41, 5.74) is 0.886. The van der Waals surface area contributed by atoms with Crippen LogP contribution in [-0.2, 0) is 7.05 Å². The fourth-order valence-electron chi connectivity index (χ4n) is 1.30. The minimum Gasteiger partial charge on any atom is -0.386 e. The van der Waals surface area contributed by atoms with Crippen molar-refractivity contribution < 1.29 is 13.9 Å². The quantitative estimate of drug-likeness (QED) is 0.766. The Labute approximate surface area is 86.9 Å². The van der Waals surface area contributed by atoms with E-state index in [-0.39, 0.29) is 12.6 Å². The largest absolute Gasteiger partial charge is 0.386 e. The van der Waals surface area contributed by atoms with Gasteiger partial charge in [-0.1, -0.05) is 0 Å². The second kappa shape index (κ2) is 5.18. The van der Waals surface area contributed by atoms with Crippen LogP contribution in [0, 0.1) is 0 Å². The summed E-state index contributed by atoms with van der Waals surface area (Å²) in [7, 11) is 1.77. The Morgan fingerprint density at radius 3 is 2.73 bits per heavy atom. The van der Waals surface area contributed by atoms with Crippen molar-refractivity contribution in [2.45, 2.75) is 25.5 Å². The molecule has 0 aliphatic heterocycles. The molecule has 1 aromatic rings. The molecule has 86 valence electrons. The topological polar surface area (TPSA) is 50.1 Å². The molecule has 2 atom stereocenters. The van der Waals surface area contributed by atoms with Crippen molar-refractivity contribution in [2.75, 3.05) is 6.54 Å². The monoisotopic (exact) mass is 219 g/mol. The summed E-state index contributed by atoms with van der Waals surface area (Å²) in [5.74, 6) is 0. The van der Waals surface area contributed by atoms with E-state index < -0.39 is 12.5 Å². The van der Waals surface area contributed by atoms with Gasteiger partial charge in [-0.3, -0.25) is 4.68 Å². The average Bonchev–Trinajstić information content (AvgIpc) is 2.60. The lowest BCUT2D eigenvalue weighted by molar-refractivity contribution is -0.00449. The molecule has 15 heavy (non-hydrogen) atoms. The maximum absolute atomic E-state index is 12.0. The number of rotatable bonds is 5. The van der Waals surface area contributed by atoms with E-state index in [0.717, 1.165) is 5.69 Å². The van der Waals surface area contributed by atoms with E-state index >= 15 is 0 Å². The molecule has 0 aromatic carbocycles. The number of nitrogens with one attached hydrogen (secondary N) is 1. The Balaban J connectivity index is 2.43. The van der Waals surface area contributed by atoms with Gasteiger partial charge < -0.3 is 10.4 Å². The molecule has 1 heterocycles. The van der Waals surface area contributed by atoms with Crippen molar-refractivity contribution in [3.63, 3.8) is 0 Å². The van der Waals surface area contributed by atoms with Crippen molar-refractivity contribution in [3.05, 3.63) is 18.0 Å². The maximum atomic E-state index is 12.0. The lowest BCUT2D eigenvalue weighted by Crippen LogP contribution is -2.34. The van der Waals surface area contributed by atoms with Gasteiger partial charge in [-0.2, -0.15) is 5.10 Å². The Hall–Kier alpha value is -1.01. The Morgan fingerprint density at radius 2 is 2.27 bits per heavy atom. The number of halogens is 2. The van der Waals surface area contributed by atoms with Gasteiger partial charge in [0, 0.05) is 25.8 Å². The third-order valence-electron chi connectivity index (χ3n) is 2.23. The smallest absolute Gasteiger partial charge is 0.265 e. The minimum absolute atomic E-state index is 0.120. The highest BCUT2D eigenvalue weighted by Crippen LogP contribution is 2.10. The minimum atomic E-state index is -2.71. The van der Waals surface area contributed by atoms with Crippen LogP contribution in [0.15, 0.2) is 12.3 Å². The lowest BCUT2D eigenvalue weighted by Gasteiger charge is -2.16. The predicted molar refractivity (Wildman–Crippen MR) is 51.6 cm³/mol. The van der Waals surface area contributed by atoms with Crippen molar-refractivity contribution in [3.8, 4) is 0 Å². The molecule has 0 saturated carbocycles. The molecular weight excluding hydrogens is 204 g/mol. The van der Waals surface area contributed by atoms with E-state index in [2.05, 4.69) is 10.4 Å². The first-order chi connectivity index (χ1) is 7.02. The third-order valence-corrected chi connectivity index (χ3v) is 2.23. The van der Waals surface area contributed by atoms with E-state index in [4.69, 9.17) is 5.11 Å². The molecule has 0 saturated heterocycles. The van der Waals surface area contributed by atoms with Gasteiger partial charge in [0.15, 0.2) is 0 Å². The molecule has 1 aromatic heterocycles. The lowest BCUT2D eigenvalue weighted by atomic mass is 10.2. The van der Waals surface area contributed by atoms with Crippen LogP contribution in [0.1, 0.15) is 18.7 Å². The van der Waals surface area contributed by atoms with E-state index in [9.17, 15) is 8.78 Å². The van der Waals surface area contributed by atoms with Crippen LogP contribution in [0.3, 0.4) is 0 Å². The summed E-state index contributed by atoms with van der Waals surface area (Å²) >= 11 is 0. The fourth-order valence-corrected chi connectivity index (χ4v) is 1.30. The highest BCUT2D eigenvalue weighted by Gasteiger charge is 2.18. The predicted octanol–water partition coefficient (Wildman–Crippen LogP) is 0.697. The van der Waals surface area contributed by atoms with E-state index in [1.807, 2.05) is 6.92 Å². The summed E-state index contributed by atoms with van der Waals surface area (Å²) < 4.78 is 25.6. The van der Waals surface area contributed by atoms with Gasteiger partial charge in [0.25, 0.3) is 6.43 Å². The molecule has 0 aliphatic carbocycles. The number of hydrogen-bond acceptors (Lipinski definition) is 3. The van der Waals surface area contributed by atoms with Gasteiger partial charge in [-0.25, -0.2) is 8.78 Å². The first-order valence-electron chi connectivity index (χ1n) is 4.70. The van der Waals surface area contributed by atoms with Gasteiger partial charge in [-0.15, -0.1) is 0 Å². The molecule has 2 unspecified atom stereocenters. The molecular formula is C9H15F2N3O. The van der Waals surface area contributed by atoms with Gasteiger partial charge in [0.1, 0.15) is 6.10 Å². The number of aliphatic hydroxyl groups excluding tert-OH is 1. The molecule has 6 heteroatoms. The zero-order valence-corrected chi connectivity index (χ0v) is 8.69. The maximum Gasteiger partial charge on any atom is 0.265 e. The van der Waals surface area contributed by atoms with E-state index in [1.165, 1.54) is 0 Å².